The van der Waals surface area contributed by atoms with Crippen molar-refractivity contribution in [3.8, 4) is 0 Å². The summed E-state index contributed by atoms with van der Waals surface area (Å²) in [5.74, 6) is 0.00463. The fourth-order valence-electron chi connectivity index (χ4n) is 0.341. The first-order chi connectivity index (χ1) is 4.16. The molecule has 0 bridgehead atoms. The van der Waals surface area contributed by atoms with Crippen LogP contribution in [0.4, 0.5) is 4.79 Å². The molecule has 0 aromatic carbocycles. The molecule has 50 valence electrons. The zero-order chi connectivity index (χ0) is 7.28. The lowest BCUT2D eigenvalue weighted by atomic mass is 10.5. The van der Waals surface area contributed by atoms with Crippen molar-refractivity contribution < 1.29 is 4.79 Å². The SMILES string of the molecule is C/C=C\C(=N)NC(N)=O. The summed E-state index contributed by atoms with van der Waals surface area (Å²) in [7, 11) is 0. The molecule has 2 amide bonds. The molecule has 4 heteroatoms. The van der Waals surface area contributed by atoms with Gasteiger partial charge in [0, 0.05) is 0 Å². The Morgan fingerprint density at radius 3 is 2.67 bits per heavy atom. The molecule has 0 aliphatic heterocycles. The van der Waals surface area contributed by atoms with E-state index in [1.165, 1.54) is 6.08 Å². The molecule has 0 saturated heterocycles. The van der Waals surface area contributed by atoms with Gasteiger partial charge >= 0.3 is 6.03 Å². The molecule has 9 heavy (non-hydrogen) atoms. The number of nitrogens with two attached hydrogens (primary N) is 1. The van der Waals surface area contributed by atoms with Gasteiger partial charge in [0.1, 0.15) is 5.84 Å². The van der Waals surface area contributed by atoms with E-state index < -0.39 is 6.03 Å². The average Bonchev–Trinajstić information content (AvgIpc) is 1.63. The van der Waals surface area contributed by atoms with Crippen LogP contribution in [0.1, 0.15) is 6.92 Å². The summed E-state index contributed by atoms with van der Waals surface area (Å²) in [5, 5.41) is 9.00. The van der Waals surface area contributed by atoms with Crippen LogP contribution in [0.25, 0.3) is 0 Å². The van der Waals surface area contributed by atoms with E-state index >= 15 is 0 Å². The third kappa shape index (κ3) is 4.53. The molecule has 4 N–H and O–H groups in total. The Kier molecular flexibility index (Phi) is 3.12. The Labute approximate surface area is 53.2 Å². The Morgan fingerprint density at radius 1 is 1.78 bits per heavy atom. The van der Waals surface area contributed by atoms with Crippen molar-refractivity contribution in [3.05, 3.63) is 12.2 Å². The van der Waals surface area contributed by atoms with Gasteiger partial charge in [0.15, 0.2) is 0 Å². The van der Waals surface area contributed by atoms with Crippen LogP contribution in [-0.4, -0.2) is 11.9 Å². The van der Waals surface area contributed by atoms with Crippen molar-refractivity contribution in [2.75, 3.05) is 0 Å². The van der Waals surface area contributed by atoms with Crippen molar-refractivity contribution in [1.82, 2.24) is 5.32 Å². The highest BCUT2D eigenvalue weighted by Gasteiger charge is 1.90. The van der Waals surface area contributed by atoms with Gasteiger partial charge in [-0.2, -0.15) is 0 Å². The maximum absolute atomic E-state index is 10.0. The molecule has 0 aliphatic carbocycles. The summed E-state index contributed by atoms with van der Waals surface area (Å²) < 4.78 is 0. The molecule has 0 radical (unpaired) electrons. The van der Waals surface area contributed by atoms with Crippen LogP contribution in [0.5, 0.6) is 0 Å². The number of primary amides is 1. The van der Waals surface area contributed by atoms with Gasteiger partial charge in [-0.1, -0.05) is 6.08 Å². The number of carbonyl (C=O) groups excluding carboxylic acids is 1. The average molecular weight is 127 g/mol. The van der Waals surface area contributed by atoms with Gasteiger partial charge in [-0.3, -0.25) is 10.7 Å². The van der Waals surface area contributed by atoms with E-state index in [1.54, 1.807) is 13.0 Å². The highest BCUT2D eigenvalue weighted by molar-refractivity contribution is 6.01. The van der Waals surface area contributed by atoms with E-state index in [2.05, 4.69) is 5.32 Å². The van der Waals surface area contributed by atoms with Crippen LogP contribution in [-0.2, 0) is 0 Å². The number of urea groups is 1. The molecule has 0 fully saturated rings. The monoisotopic (exact) mass is 127 g/mol. The third-order valence-electron chi connectivity index (χ3n) is 0.591. The van der Waals surface area contributed by atoms with E-state index in [9.17, 15) is 4.79 Å². The predicted octanol–water partition coefficient (Wildman–Crippen LogP) is 0.208. The number of amides is 2. The molecule has 0 atom stereocenters. The Hall–Kier alpha value is -1.32. The molecule has 0 saturated carbocycles. The summed E-state index contributed by atoms with van der Waals surface area (Å²) in [6.07, 6.45) is 3.07. The summed E-state index contributed by atoms with van der Waals surface area (Å²) in [6.45, 7) is 1.75. The predicted molar refractivity (Wildman–Crippen MR) is 35.3 cm³/mol. The zero-order valence-corrected chi connectivity index (χ0v) is 5.14. The number of hydrogen-bond acceptors (Lipinski definition) is 2. The van der Waals surface area contributed by atoms with Gasteiger partial charge in [-0.25, -0.2) is 4.79 Å². The minimum absolute atomic E-state index is 0.00463. The number of carbonyl (C=O) groups is 1. The second kappa shape index (κ2) is 3.65. The number of amidine groups is 1. The van der Waals surface area contributed by atoms with Gasteiger partial charge in [-0.05, 0) is 13.0 Å². The second-order valence-corrected chi connectivity index (χ2v) is 1.40. The van der Waals surface area contributed by atoms with E-state index in [0.29, 0.717) is 0 Å². The normalized spacial score (nSPS) is 9.44. The van der Waals surface area contributed by atoms with E-state index in [1.807, 2.05) is 0 Å². The fourth-order valence-corrected chi connectivity index (χ4v) is 0.341. The summed E-state index contributed by atoms with van der Waals surface area (Å²) in [4.78, 5) is 10.0. The van der Waals surface area contributed by atoms with Crippen LogP contribution >= 0.6 is 0 Å². The molecule has 0 aliphatic rings. The minimum atomic E-state index is -0.710. The molecular weight excluding hydrogens is 118 g/mol. The number of hydrogen-bond donors (Lipinski definition) is 3. The molecule has 0 aromatic heterocycles. The lowest BCUT2D eigenvalue weighted by molar-refractivity contribution is 0.253. The molecule has 0 heterocycles. The van der Waals surface area contributed by atoms with Gasteiger partial charge in [0.25, 0.3) is 0 Å². The maximum atomic E-state index is 10.0. The van der Waals surface area contributed by atoms with Crippen molar-refractivity contribution in [2.45, 2.75) is 6.92 Å². The second-order valence-electron chi connectivity index (χ2n) is 1.40. The van der Waals surface area contributed by atoms with E-state index in [0.717, 1.165) is 0 Å². The Morgan fingerprint density at radius 2 is 2.33 bits per heavy atom. The van der Waals surface area contributed by atoms with Crippen molar-refractivity contribution in [3.63, 3.8) is 0 Å². The standard InChI is InChI=1S/C5H9N3O/c1-2-3-4(6)8-5(7)9/h2-3H,1H3,(H4,6,7,8,9)/b3-2-. The fraction of sp³-hybridized carbons (Fsp3) is 0.200. The van der Waals surface area contributed by atoms with Crippen LogP contribution in [0.3, 0.4) is 0 Å². The van der Waals surface area contributed by atoms with Crippen molar-refractivity contribution in [1.29, 1.82) is 5.41 Å². The lowest BCUT2D eigenvalue weighted by Gasteiger charge is -1.94. The smallest absolute Gasteiger partial charge is 0.317 e. The first-order valence-corrected chi connectivity index (χ1v) is 2.44. The van der Waals surface area contributed by atoms with Crippen LogP contribution < -0.4 is 11.1 Å². The highest BCUT2D eigenvalue weighted by atomic mass is 16.2. The van der Waals surface area contributed by atoms with Crippen LogP contribution in [0.2, 0.25) is 0 Å². The minimum Gasteiger partial charge on any atom is -0.351 e. The molecular formula is C5H9N3O. The quantitative estimate of drug-likeness (QED) is 0.341. The maximum Gasteiger partial charge on any atom is 0.317 e. The number of allylic oxidation sites excluding steroid dienone is 1. The van der Waals surface area contributed by atoms with Crippen LogP contribution in [0, 0.1) is 5.41 Å². The molecule has 0 aromatic rings. The van der Waals surface area contributed by atoms with Gasteiger partial charge in [0.05, 0.1) is 0 Å². The lowest BCUT2D eigenvalue weighted by Crippen LogP contribution is -2.33. The van der Waals surface area contributed by atoms with Crippen molar-refractivity contribution >= 4 is 11.9 Å². The number of rotatable bonds is 1. The molecule has 0 spiro atoms. The third-order valence-corrected chi connectivity index (χ3v) is 0.591. The Balaban J connectivity index is 3.64. The zero-order valence-electron chi connectivity index (χ0n) is 5.14. The van der Waals surface area contributed by atoms with Gasteiger partial charge < -0.3 is 5.73 Å². The summed E-state index contributed by atoms with van der Waals surface area (Å²) >= 11 is 0. The molecule has 0 unspecified atom stereocenters. The topological polar surface area (TPSA) is 79.0 Å². The van der Waals surface area contributed by atoms with Gasteiger partial charge in [0.2, 0.25) is 0 Å². The van der Waals surface area contributed by atoms with E-state index in [4.69, 9.17) is 11.1 Å². The largest absolute Gasteiger partial charge is 0.351 e. The van der Waals surface area contributed by atoms with E-state index in [-0.39, 0.29) is 5.84 Å². The van der Waals surface area contributed by atoms with Crippen molar-refractivity contribution in [2.24, 2.45) is 5.73 Å². The first-order valence-electron chi connectivity index (χ1n) is 2.44. The van der Waals surface area contributed by atoms with Gasteiger partial charge in [-0.15, -0.1) is 0 Å². The number of nitrogens with one attached hydrogen (secondary N) is 2. The molecule has 0 rings (SSSR count). The molecule has 4 nitrogen and oxygen atoms in total. The highest BCUT2D eigenvalue weighted by Crippen LogP contribution is 1.70. The summed E-state index contributed by atoms with van der Waals surface area (Å²) in [5.41, 5.74) is 4.70. The summed E-state index contributed by atoms with van der Waals surface area (Å²) in [6, 6.07) is -0.710. The van der Waals surface area contributed by atoms with Crippen LogP contribution in [0.15, 0.2) is 12.2 Å². The Bertz CT molecular complexity index is 150. The first kappa shape index (κ1) is 7.68.